The molecule has 37 heavy (non-hydrogen) atoms. The Balaban J connectivity index is 1.67. The van der Waals surface area contributed by atoms with Crippen molar-refractivity contribution >= 4 is 23.2 Å². The van der Waals surface area contributed by atoms with Crippen LogP contribution >= 0.6 is 0 Å². The second kappa shape index (κ2) is 9.54. The van der Waals surface area contributed by atoms with Crippen molar-refractivity contribution < 1.29 is 24.2 Å². The molecule has 0 radical (unpaired) electrons. The van der Waals surface area contributed by atoms with Crippen LogP contribution in [0.2, 0.25) is 0 Å². The lowest BCUT2D eigenvalue weighted by Gasteiger charge is -2.55. The first-order valence-electron chi connectivity index (χ1n) is 13.8. The predicted molar refractivity (Wildman–Crippen MR) is 142 cm³/mol. The van der Waals surface area contributed by atoms with Gasteiger partial charge in [0, 0.05) is 44.0 Å². The Kier molecular flexibility index (Phi) is 6.68. The lowest BCUT2D eigenvalue weighted by Crippen LogP contribution is -2.58. The van der Waals surface area contributed by atoms with E-state index in [1.54, 1.807) is 0 Å². The third-order valence-corrected chi connectivity index (χ3v) is 9.98. The zero-order valence-electron chi connectivity index (χ0n) is 22.5. The monoisotopic (exact) mass is 505 g/mol. The van der Waals surface area contributed by atoms with E-state index in [1.807, 2.05) is 6.08 Å². The molecule has 0 spiro atoms. The topological polar surface area (TPSA) is 83.9 Å². The van der Waals surface area contributed by atoms with E-state index in [1.165, 1.54) is 29.2 Å². The number of benzene rings is 1. The average Bonchev–Trinajstić information content (AvgIpc) is 3.19. The minimum absolute atomic E-state index is 0.0543. The van der Waals surface area contributed by atoms with Gasteiger partial charge in [-0.1, -0.05) is 24.6 Å². The van der Waals surface area contributed by atoms with Gasteiger partial charge in [-0.25, -0.2) is 0 Å². The zero-order chi connectivity index (χ0) is 26.5. The van der Waals surface area contributed by atoms with E-state index in [2.05, 4.69) is 50.1 Å². The molecule has 0 saturated heterocycles. The van der Waals surface area contributed by atoms with Gasteiger partial charge in [-0.15, -0.1) is 0 Å². The van der Waals surface area contributed by atoms with Crippen LogP contribution in [0.1, 0.15) is 77.2 Å². The van der Waals surface area contributed by atoms with E-state index in [0.717, 1.165) is 37.9 Å². The summed E-state index contributed by atoms with van der Waals surface area (Å²) in [5.74, 6) is -0.168. The van der Waals surface area contributed by atoms with E-state index in [4.69, 9.17) is 4.74 Å². The third kappa shape index (κ3) is 3.99. The molecular formula is C31H39NO5. The first-order valence-corrected chi connectivity index (χ1v) is 13.8. The first-order chi connectivity index (χ1) is 17.6. The maximum atomic E-state index is 13.4. The average molecular weight is 506 g/mol. The van der Waals surface area contributed by atoms with Crippen LogP contribution in [-0.2, 0) is 19.1 Å². The van der Waals surface area contributed by atoms with Gasteiger partial charge < -0.3 is 14.7 Å². The Labute approximate surface area is 219 Å². The van der Waals surface area contributed by atoms with Gasteiger partial charge in [-0.05, 0) is 92.2 Å². The van der Waals surface area contributed by atoms with Gasteiger partial charge in [-0.2, -0.15) is 0 Å². The van der Waals surface area contributed by atoms with Crippen molar-refractivity contribution in [3.05, 3.63) is 52.6 Å². The molecule has 0 aromatic heterocycles. The molecule has 2 unspecified atom stereocenters. The number of anilines is 1. The number of carbonyl (C=O) groups excluding carboxylic acids is 3. The molecule has 0 amide bonds. The molecule has 1 aromatic rings. The predicted octanol–water partition coefficient (Wildman–Crippen LogP) is 4.91. The number of Topliss-reactive ketones (excluding diaryl/α,β-unsaturated/α-hetero) is 1. The number of ketones is 2. The van der Waals surface area contributed by atoms with E-state index < -0.39 is 23.6 Å². The molecule has 4 aliphatic rings. The molecular weight excluding hydrogens is 466 g/mol. The number of ether oxygens (including phenoxy) is 1. The van der Waals surface area contributed by atoms with Crippen molar-refractivity contribution in [3.63, 3.8) is 0 Å². The molecule has 6 nitrogen and oxygen atoms in total. The molecule has 4 aliphatic carbocycles. The Hall–Kier alpha value is -2.73. The quantitative estimate of drug-likeness (QED) is 0.554. The van der Waals surface area contributed by atoms with Crippen LogP contribution in [-0.4, -0.2) is 48.4 Å². The molecule has 0 heterocycles. The number of hydrogen-bond acceptors (Lipinski definition) is 6. The Morgan fingerprint density at radius 1 is 1.14 bits per heavy atom. The summed E-state index contributed by atoms with van der Waals surface area (Å²) in [5, 5.41) is 9.98. The van der Waals surface area contributed by atoms with Crippen LogP contribution in [0.3, 0.4) is 0 Å². The number of nitrogens with zero attached hydrogens (tertiary/aromatic N) is 1. The molecule has 5 rings (SSSR count). The summed E-state index contributed by atoms with van der Waals surface area (Å²) < 4.78 is 5.95. The van der Waals surface area contributed by atoms with Crippen molar-refractivity contribution in [2.24, 2.45) is 17.3 Å². The van der Waals surface area contributed by atoms with Gasteiger partial charge in [-0.3, -0.25) is 14.4 Å². The lowest BCUT2D eigenvalue weighted by atomic mass is 9.50. The van der Waals surface area contributed by atoms with Gasteiger partial charge in [0.25, 0.3) is 0 Å². The number of allylic oxidation sites excluding steroid dienone is 4. The van der Waals surface area contributed by atoms with Crippen molar-refractivity contribution in [3.8, 4) is 0 Å². The summed E-state index contributed by atoms with van der Waals surface area (Å²) in [6.07, 6.45) is 6.86. The summed E-state index contributed by atoms with van der Waals surface area (Å²) >= 11 is 0. The fraction of sp³-hybridized carbons (Fsp3) is 0.581. The standard InChI is InChI=1S/C31H39NO5/c1-5-32(4)22-9-6-20(7-10-22)26-17-30(3)27(14-15-31(30,28(36)18-33)37-19(2)34)25-12-8-21-16-23(35)11-13-24(21)29(25)26/h6-7,9-10,16,25-27,33H,5,8,11-15,17-18H2,1-4H3/t25?,26-,27?,30+,31+/m1/s1. The minimum atomic E-state index is -1.31. The number of esters is 1. The third-order valence-electron chi connectivity index (χ3n) is 9.98. The van der Waals surface area contributed by atoms with Gasteiger partial charge in [0.15, 0.2) is 11.4 Å². The SMILES string of the molecule is CCN(C)c1ccc([C@H]2C[C@@]3(C)C(CC[C@]3(OC(C)=O)C(=O)CO)C3CCC4=CC(=O)CCC4=C32)cc1. The summed E-state index contributed by atoms with van der Waals surface area (Å²) in [6.45, 7) is 5.88. The van der Waals surface area contributed by atoms with Crippen LogP contribution in [0.4, 0.5) is 5.69 Å². The number of carbonyl (C=O) groups is 3. The highest BCUT2D eigenvalue weighted by Crippen LogP contribution is 2.67. The molecule has 2 fully saturated rings. The maximum Gasteiger partial charge on any atom is 0.303 e. The van der Waals surface area contributed by atoms with Crippen LogP contribution < -0.4 is 4.90 Å². The van der Waals surface area contributed by atoms with Crippen molar-refractivity contribution in [2.45, 2.75) is 77.2 Å². The summed E-state index contributed by atoms with van der Waals surface area (Å²) in [7, 11) is 2.08. The highest BCUT2D eigenvalue weighted by Gasteiger charge is 2.67. The first kappa shape index (κ1) is 25.9. The fourth-order valence-corrected chi connectivity index (χ4v) is 8.15. The molecule has 0 bridgehead atoms. The van der Waals surface area contributed by atoms with E-state index in [0.29, 0.717) is 19.3 Å². The highest BCUT2D eigenvalue weighted by atomic mass is 16.6. The molecule has 1 aromatic carbocycles. The zero-order valence-corrected chi connectivity index (χ0v) is 22.5. The summed E-state index contributed by atoms with van der Waals surface area (Å²) in [6, 6.07) is 8.71. The second-order valence-electron chi connectivity index (χ2n) is 11.6. The van der Waals surface area contributed by atoms with Crippen LogP contribution in [0, 0.1) is 17.3 Å². The Morgan fingerprint density at radius 3 is 2.51 bits per heavy atom. The van der Waals surface area contributed by atoms with E-state index in [9.17, 15) is 19.5 Å². The summed E-state index contributed by atoms with van der Waals surface area (Å²) in [5.41, 5.74) is 4.40. The number of hydrogen-bond donors (Lipinski definition) is 1. The Bertz CT molecular complexity index is 1180. The van der Waals surface area contributed by atoms with Gasteiger partial charge >= 0.3 is 5.97 Å². The molecule has 198 valence electrons. The number of rotatable bonds is 6. The minimum Gasteiger partial charge on any atom is -0.451 e. The Morgan fingerprint density at radius 2 is 1.86 bits per heavy atom. The number of fused-ring (bicyclic) bond motifs is 4. The fourth-order valence-electron chi connectivity index (χ4n) is 8.15. The second-order valence-corrected chi connectivity index (χ2v) is 11.6. The van der Waals surface area contributed by atoms with E-state index in [-0.39, 0.29) is 29.3 Å². The van der Waals surface area contributed by atoms with Gasteiger partial charge in [0.2, 0.25) is 5.78 Å². The highest BCUT2D eigenvalue weighted by molar-refractivity contribution is 5.93. The van der Waals surface area contributed by atoms with Crippen LogP contribution in [0.5, 0.6) is 0 Å². The number of aliphatic hydroxyl groups excluding tert-OH is 1. The smallest absolute Gasteiger partial charge is 0.303 e. The van der Waals surface area contributed by atoms with Crippen LogP contribution in [0.25, 0.3) is 0 Å². The van der Waals surface area contributed by atoms with Crippen molar-refractivity contribution in [1.82, 2.24) is 0 Å². The molecule has 0 aliphatic heterocycles. The van der Waals surface area contributed by atoms with Crippen molar-refractivity contribution in [1.29, 1.82) is 0 Å². The normalized spacial score (nSPS) is 32.7. The molecule has 2 saturated carbocycles. The largest absolute Gasteiger partial charge is 0.451 e. The summed E-state index contributed by atoms with van der Waals surface area (Å²) in [4.78, 5) is 40.1. The molecule has 5 atom stereocenters. The van der Waals surface area contributed by atoms with Gasteiger partial charge in [0.1, 0.15) is 6.61 Å². The van der Waals surface area contributed by atoms with Crippen molar-refractivity contribution in [2.75, 3.05) is 25.1 Å². The molecule has 1 N–H and O–H groups in total. The lowest BCUT2D eigenvalue weighted by molar-refractivity contribution is -0.185. The van der Waals surface area contributed by atoms with E-state index >= 15 is 0 Å². The molecule has 6 heteroatoms. The maximum absolute atomic E-state index is 13.4. The van der Waals surface area contributed by atoms with Crippen LogP contribution in [0.15, 0.2) is 47.1 Å². The van der Waals surface area contributed by atoms with Gasteiger partial charge in [0.05, 0.1) is 0 Å². The number of aliphatic hydroxyl groups is 1.